The first-order chi connectivity index (χ1) is 14.5. The van der Waals surface area contributed by atoms with Gasteiger partial charge in [-0.1, -0.05) is 15.9 Å². The van der Waals surface area contributed by atoms with E-state index in [2.05, 4.69) is 42.2 Å². The minimum Gasteiger partial charge on any atom is -0.457 e. The van der Waals surface area contributed by atoms with Gasteiger partial charge in [0.2, 0.25) is 0 Å². The zero-order valence-electron chi connectivity index (χ0n) is 16.3. The molecule has 1 aromatic heterocycles. The Bertz CT molecular complexity index is 1060. The second kappa shape index (κ2) is 10.0. The van der Waals surface area contributed by atoms with E-state index in [1.807, 2.05) is 49.5 Å². The fourth-order valence-corrected chi connectivity index (χ4v) is 3.08. The molecule has 0 spiro atoms. The van der Waals surface area contributed by atoms with Crippen LogP contribution in [0.5, 0.6) is 11.5 Å². The van der Waals surface area contributed by atoms with E-state index in [9.17, 15) is 4.79 Å². The highest BCUT2D eigenvalue weighted by Gasteiger charge is 2.09. The Morgan fingerprint density at radius 3 is 2.40 bits per heavy atom. The van der Waals surface area contributed by atoms with E-state index in [0.29, 0.717) is 16.6 Å². The van der Waals surface area contributed by atoms with Gasteiger partial charge in [-0.15, -0.1) is 0 Å². The molecule has 30 heavy (non-hydrogen) atoms. The van der Waals surface area contributed by atoms with Gasteiger partial charge in [0.05, 0.1) is 11.4 Å². The van der Waals surface area contributed by atoms with Crippen molar-refractivity contribution in [2.75, 3.05) is 30.0 Å². The maximum absolute atomic E-state index is 11.8. The summed E-state index contributed by atoms with van der Waals surface area (Å²) < 4.78 is 6.90. The number of aromatic nitrogens is 1. The number of pyridine rings is 1. The Hall–Kier alpha value is -3.17. The Morgan fingerprint density at radius 1 is 0.967 bits per heavy atom. The number of thiocarbonyl (C=S) groups is 1. The molecule has 9 heteroatoms. The molecule has 0 radical (unpaired) electrons. The van der Waals surface area contributed by atoms with E-state index in [0.717, 1.165) is 21.5 Å². The van der Waals surface area contributed by atoms with Crippen molar-refractivity contribution in [1.29, 1.82) is 0 Å². The van der Waals surface area contributed by atoms with E-state index in [1.54, 1.807) is 19.2 Å². The molecule has 1 amide bonds. The molecule has 3 rings (SSSR count). The van der Waals surface area contributed by atoms with Crippen LogP contribution in [0.1, 0.15) is 10.5 Å². The number of benzene rings is 2. The molecule has 2 aromatic carbocycles. The van der Waals surface area contributed by atoms with Crippen LogP contribution in [0, 0.1) is 0 Å². The third-order valence-corrected chi connectivity index (χ3v) is 4.77. The maximum Gasteiger partial charge on any atom is 0.269 e. The third-order valence-electron chi connectivity index (χ3n) is 4.04. The average molecular weight is 486 g/mol. The topological polar surface area (TPSA) is 87.3 Å². The lowest BCUT2D eigenvalue weighted by Gasteiger charge is -2.16. The van der Waals surface area contributed by atoms with Gasteiger partial charge in [-0.2, -0.15) is 0 Å². The number of nitrogens with one attached hydrogen (secondary N) is 4. The second-order valence-corrected chi connectivity index (χ2v) is 7.43. The van der Waals surface area contributed by atoms with E-state index < -0.39 is 0 Å². The Balaban J connectivity index is 1.75. The molecule has 1 heterocycles. The lowest BCUT2D eigenvalue weighted by Crippen LogP contribution is -2.19. The number of nitrogens with zero attached hydrogens (tertiary/aromatic N) is 1. The molecule has 0 atom stereocenters. The van der Waals surface area contributed by atoms with Crippen LogP contribution in [0.25, 0.3) is 0 Å². The van der Waals surface area contributed by atoms with Crippen LogP contribution in [0.2, 0.25) is 0 Å². The average Bonchev–Trinajstić information content (AvgIpc) is 2.75. The van der Waals surface area contributed by atoms with Crippen molar-refractivity contribution in [3.05, 3.63) is 71.0 Å². The van der Waals surface area contributed by atoms with Crippen LogP contribution < -0.4 is 26.0 Å². The minimum atomic E-state index is -0.280. The molecule has 0 aliphatic carbocycles. The molecule has 7 nitrogen and oxygen atoms in total. The molecule has 154 valence electrons. The Labute approximate surface area is 188 Å². The van der Waals surface area contributed by atoms with Crippen molar-refractivity contribution in [1.82, 2.24) is 10.3 Å². The van der Waals surface area contributed by atoms with Crippen molar-refractivity contribution in [3.63, 3.8) is 0 Å². The Morgan fingerprint density at radius 2 is 1.70 bits per heavy atom. The lowest BCUT2D eigenvalue weighted by molar-refractivity contribution is 0.0958. The smallest absolute Gasteiger partial charge is 0.269 e. The normalized spacial score (nSPS) is 10.1. The van der Waals surface area contributed by atoms with E-state index in [4.69, 9.17) is 17.0 Å². The molecule has 0 unspecified atom stereocenters. The number of carbonyl (C=O) groups excluding carboxylic acids is 1. The predicted octanol–water partition coefficient (Wildman–Crippen LogP) is 4.85. The van der Waals surface area contributed by atoms with Crippen LogP contribution in [0.4, 0.5) is 17.1 Å². The highest BCUT2D eigenvalue weighted by Crippen LogP contribution is 2.30. The van der Waals surface area contributed by atoms with Crippen LogP contribution in [-0.4, -0.2) is 30.1 Å². The van der Waals surface area contributed by atoms with E-state index in [-0.39, 0.29) is 11.6 Å². The van der Waals surface area contributed by atoms with Gasteiger partial charge in [0.1, 0.15) is 17.2 Å². The molecule has 0 aliphatic heterocycles. The highest BCUT2D eigenvalue weighted by atomic mass is 79.9. The van der Waals surface area contributed by atoms with Gasteiger partial charge in [-0.3, -0.25) is 9.78 Å². The molecule has 0 saturated heterocycles. The van der Waals surface area contributed by atoms with Gasteiger partial charge in [0.15, 0.2) is 5.11 Å². The summed E-state index contributed by atoms with van der Waals surface area (Å²) in [6, 6.07) is 16.5. The first-order valence-corrected chi connectivity index (χ1v) is 10.2. The number of rotatable bonds is 6. The number of amides is 1. The summed E-state index contributed by atoms with van der Waals surface area (Å²) in [5.74, 6) is 0.803. The molecule has 0 saturated carbocycles. The molecule has 0 aliphatic rings. The van der Waals surface area contributed by atoms with Crippen LogP contribution in [-0.2, 0) is 0 Å². The van der Waals surface area contributed by atoms with Crippen LogP contribution in [0.3, 0.4) is 0 Å². The molecule has 3 aromatic rings. The SMILES string of the molecule is CNC(=O)c1cc(Oc2ccc(NC)c(NC(=S)Nc3ccc(Br)cc3)c2)ccn1. The van der Waals surface area contributed by atoms with Crippen molar-refractivity contribution in [2.24, 2.45) is 0 Å². The number of carbonyl (C=O) groups is 1. The lowest BCUT2D eigenvalue weighted by atomic mass is 10.2. The summed E-state index contributed by atoms with van der Waals surface area (Å²) in [5, 5.41) is 12.4. The molecule has 0 bridgehead atoms. The summed E-state index contributed by atoms with van der Waals surface area (Å²) in [6.45, 7) is 0. The fraction of sp³-hybridized carbons (Fsp3) is 0.0952. The van der Waals surface area contributed by atoms with Gasteiger partial charge in [-0.25, -0.2) is 0 Å². The monoisotopic (exact) mass is 485 g/mol. The van der Waals surface area contributed by atoms with Gasteiger partial charge in [0, 0.05) is 42.6 Å². The molecular weight excluding hydrogens is 466 g/mol. The number of halogens is 1. The van der Waals surface area contributed by atoms with Crippen LogP contribution >= 0.6 is 28.1 Å². The zero-order valence-corrected chi connectivity index (χ0v) is 18.7. The second-order valence-electron chi connectivity index (χ2n) is 6.10. The van der Waals surface area contributed by atoms with Crippen molar-refractivity contribution >= 4 is 56.2 Å². The number of hydrogen-bond donors (Lipinski definition) is 4. The maximum atomic E-state index is 11.8. The third kappa shape index (κ3) is 5.68. The molecular formula is C21H20BrN5O2S. The summed E-state index contributed by atoms with van der Waals surface area (Å²) in [7, 11) is 3.38. The first-order valence-electron chi connectivity index (χ1n) is 9.00. The van der Waals surface area contributed by atoms with Gasteiger partial charge in [-0.05, 0) is 54.7 Å². The summed E-state index contributed by atoms with van der Waals surface area (Å²) in [6.07, 6.45) is 1.53. The predicted molar refractivity (Wildman–Crippen MR) is 128 cm³/mol. The number of anilines is 3. The minimum absolute atomic E-state index is 0.278. The summed E-state index contributed by atoms with van der Waals surface area (Å²) >= 11 is 8.85. The largest absolute Gasteiger partial charge is 0.457 e. The highest BCUT2D eigenvalue weighted by molar-refractivity contribution is 9.10. The number of ether oxygens (including phenoxy) is 1. The molecule has 4 N–H and O–H groups in total. The Kier molecular flexibility index (Phi) is 7.21. The van der Waals surface area contributed by atoms with Crippen LogP contribution in [0.15, 0.2) is 65.3 Å². The van der Waals surface area contributed by atoms with E-state index >= 15 is 0 Å². The van der Waals surface area contributed by atoms with E-state index in [1.165, 1.54) is 6.20 Å². The standard InChI is InChI=1S/C21H20BrN5O2S/c1-23-17-8-7-15(29-16-9-10-25-19(12-16)20(28)24-2)11-18(17)27-21(30)26-14-5-3-13(22)4-6-14/h3-12,23H,1-2H3,(H,24,28)(H2,26,27,30). The number of hydrogen-bond acceptors (Lipinski definition) is 5. The first kappa shape index (κ1) is 21.5. The zero-order chi connectivity index (χ0) is 21.5. The van der Waals surface area contributed by atoms with Crippen molar-refractivity contribution in [3.8, 4) is 11.5 Å². The van der Waals surface area contributed by atoms with Gasteiger partial charge < -0.3 is 26.0 Å². The molecule has 0 fully saturated rings. The van der Waals surface area contributed by atoms with Crippen molar-refractivity contribution in [2.45, 2.75) is 0 Å². The fourth-order valence-electron chi connectivity index (χ4n) is 2.59. The quantitative estimate of drug-likeness (QED) is 0.371. The summed E-state index contributed by atoms with van der Waals surface area (Å²) in [4.78, 5) is 15.8. The summed E-state index contributed by atoms with van der Waals surface area (Å²) in [5.41, 5.74) is 2.74. The van der Waals surface area contributed by atoms with Crippen molar-refractivity contribution < 1.29 is 9.53 Å². The van der Waals surface area contributed by atoms with Gasteiger partial charge >= 0.3 is 0 Å². The van der Waals surface area contributed by atoms with Gasteiger partial charge in [0.25, 0.3) is 5.91 Å².